The van der Waals surface area contributed by atoms with Crippen LogP contribution in [0.4, 0.5) is 0 Å². The lowest BCUT2D eigenvalue weighted by Gasteiger charge is -2.35. The number of aryl methyl sites for hydroxylation is 1. The van der Waals surface area contributed by atoms with Gasteiger partial charge in [0.15, 0.2) is 0 Å². The second-order valence-electron chi connectivity index (χ2n) is 5.13. The summed E-state index contributed by atoms with van der Waals surface area (Å²) >= 11 is 1.73. The lowest BCUT2D eigenvalue weighted by atomic mass is 9.96. The number of aromatic nitrogens is 1. The van der Waals surface area contributed by atoms with Crippen LogP contribution in [0.15, 0.2) is 5.38 Å². The second kappa shape index (κ2) is 6.48. The number of carbonyl (C=O) groups is 1. The highest BCUT2D eigenvalue weighted by molar-refractivity contribution is 7.09. The maximum Gasteiger partial charge on any atom is 0.320 e. The van der Waals surface area contributed by atoms with E-state index in [4.69, 9.17) is 0 Å². The number of thiazole rings is 1. The van der Waals surface area contributed by atoms with Crippen molar-refractivity contribution < 1.29 is 9.90 Å². The second-order valence-corrected chi connectivity index (χ2v) is 6.02. The first kappa shape index (κ1) is 14.5. The molecule has 106 valence electrons. The van der Waals surface area contributed by atoms with E-state index in [1.54, 1.807) is 11.3 Å². The standard InChI is InChI=1S/C14H22N2O2S/c1-3-11-9-19-13(15-11)10-6-5-7-16(8-10)12(4-2)14(17)18/h9-10,12H,3-8H2,1-2H3,(H,17,18). The first-order valence-corrected chi connectivity index (χ1v) is 7.94. The van der Waals surface area contributed by atoms with Crippen molar-refractivity contribution in [2.45, 2.75) is 51.5 Å². The summed E-state index contributed by atoms with van der Waals surface area (Å²) < 4.78 is 0. The molecule has 1 N–H and O–H groups in total. The molecule has 1 aliphatic rings. The lowest BCUT2D eigenvalue weighted by molar-refractivity contribution is -0.144. The molecule has 0 aliphatic carbocycles. The molecule has 1 aliphatic heterocycles. The Bertz CT molecular complexity index is 433. The van der Waals surface area contributed by atoms with Gasteiger partial charge >= 0.3 is 5.97 Å². The van der Waals surface area contributed by atoms with Gasteiger partial charge in [-0.1, -0.05) is 13.8 Å². The van der Waals surface area contributed by atoms with Gasteiger partial charge in [0.2, 0.25) is 0 Å². The molecule has 1 aromatic heterocycles. The van der Waals surface area contributed by atoms with Gasteiger partial charge in [0.05, 0.1) is 10.7 Å². The topological polar surface area (TPSA) is 53.4 Å². The van der Waals surface area contributed by atoms with Crippen LogP contribution in [0.25, 0.3) is 0 Å². The van der Waals surface area contributed by atoms with Crippen molar-refractivity contribution in [1.82, 2.24) is 9.88 Å². The van der Waals surface area contributed by atoms with Gasteiger partial charge in [-0.25, -0.2) is 4.98 Å². The monoisotopic (exact) mass is 282 g/mol. The molecule has 0 aromatic carbocycles. The minimum Gasteiger partial charge on any atom is -0.480 e. The fourth-order valence-corrected chi connectivity index (χ4v) is 3.78. The highest BCUT2D eigenvalue weighted by atomic mass is 32.1. The van der Waals surface area contributed by atoms with Crippen LogP contribution < -0.4 is 0 Å². The number of carboxylic acids is 1. The molecule has 0 amide bonds. The zero-order chi connectivity index (χ0) is 13.8. The van der Waals surface area contributed by atoms with E-state index >= 15 is 0 Å². The van der Waals surface area contributed by atoms with E-state index in [0.29, 0.717) is 12.3 Å². The summed E-state index contributed by atoms with van der Waals surface area (Å²) in [4.78, 5) is 18.0. The van der Waals surface area contributed by atoms with Crippen LogP contribution in [0.2, 0.25) is 0 Å². The molecule has 0 bridgehead atoms. The molecule has 4 nitrogen and oxygen atoms in total. The fraction of sp³-hybridized carbons (Fsp3) is 0.714. The lowest BCUT2D eigenvalue weighted by Crippen LogP contribution is -2.45. The van der Waals surface area contributed by atoms with Crippen molar-refractivity contribution in [2.75, 3.05) is 13.1 Å². The number of hydrogen-bond acceptors (Lipinski definition) is 4. The highest BCUT2D eigenvalue weighted by Crippen LogP contribution is 2.30. The Morgan fingerprint density at radius 1 is 1.63 bits per heavy atom. The summed E-state index contributed by atoms with van der Waals surface area (Å²) in [5, 5.41) is 12.6. The SMILES string of the molecule is CCc1csc(C2CCCN(C(CC)C(=O)O)C2)n1. The number of piperidine rings is 1. The van der Waals surface area contributed by atoms with Crippen molar-refractivity contribution in [1.29, 1.82) is 0 Å². The predicted octanol–water partition coefficient (Wildman–Crippen LogP) is 2.75. The van der Waals surface area contributed by atoms with E-state index < -0.39 is 5.97 Å². The van der Waals surface area contributed by atoms with Crippen molar-refractivity contribution in [3.63, 3.8) is 0 Å². The van der Waals surface area contributed by atoms with E-state index in [2.05, 4.69) is 22.2 Å². The Morgan fingerprint density at radius 2 is 2.42 bits per heavy atom. The van der Waals surface area contributed by atoms with E-state index in [1.807, 2.05) is 6.92 Å². The Labute approximate surface area is 118 Å². The first-order valence-electron chi connectivity index (χ1n) is 7.06. The van der Waals surface area contributed by atoms with Crippen LogP contribution >= 0.6 is 11.3 Å². The molecule has 5 heteroatoms. The van der Waals surface area contributed by atoms with E-state index in [0.717, 1.165) is 38.0 Å². The average molecular weight is 282 g/mol. The molecular formula is C14H22N2O2S. The average Bonchev–Trinajstić information content (AvgIpc) is 2.88. The molecule has 19 heavy (non-hydrogen) atoms. The van der Waals surface area contributed by atoms with Crippen LogP contribution in [-0.2, 0) is 11.2 Å². The van der Waals surface area contributed by atoms with Crippen LogP contribution in [-0.4, -0.2) is 40.1 Å². The maximum atomic E-state index is 11.3. The molecule has 1 fully saturated rings. The molecule has 1 saturated heterocycles. The number of hydrogen-bond donors (Lipinski definition) is 1. The van der Waals surface area contributed by atoms with Crippen LogP contribution in [0.5, 0.6) is 0 Å². The third-order valence-corrected chi connectivity index (χ3v) is 4.90. The van der Waals surface area contributed by atoms with Crippen molar-refractivity contribution in [3.8, 4) is 0 Å². The third kappa shape index (κ3) is 3.34. The number of likely N-dealkylation sites (tertiary alicyclic amines) is 1. The molecule has 0 spiro atoms. The highest BCUT2D eigenvalue weighted by Gasteiger charge is 2.30. The molecule has 1 aromatic rings. The molecular weight excluding hydrogens is 260 g/mol. The minimum absolute atomic E-state index is 0.339. The van der Waals surface area contributed by atoms with E-state index in [9.17, 15) is 9.90 Å². The predicted molar refractivity (Wildman–Crippen MR) is 76.8 cm³/mol. The van der Waals surface area contributed by atoms with Gasteiger partial charge in [-0.2, -0.15) is 0 Å². The Balaban J connectivity index is 2.06. The Kier molecular flexibility index (Phi) is 4.93. The summed E-state index contributed by atoms with van der Waals surface area (Å²) in [7, 11) is 0. The third-order valence-electron chi connectivity index (χ3n) is 3.85. The largest absolute Gasteiger partial charge is 0.480 e. The van der Waals surface area contributed by atoms with Gasteiger partial charge in [0.25, 0.3) is 0 Å². The maximum absolute atomic E-state index is 11.3. The van der Waals surface area contributed by atoms with Gasteiger partial charge in [0.1, 0.15) is 6.04 Å². The van der Waals surface area contributed by atoms with Gasteiger partial charge < -0.3 is 5.11 Å². The zero-order valence-corrected chi connectivity index (χ0v) is 12.4. The van der Waals surface area contributed by atoms with E-state index in [-0.39, 0.29) is 6.04 Å². The minimum atomic E-state index is -0.698. The van der Waals surface area contributed by atoms with Gasteiger partial charge in [0, 0.05) is 17.8 Å². The molecule has 2 atom stereocenters. The van der Waals surface area contributed by atoms with Crippen LogP contribution in [0.3, 0.4) is 0 Å². The molecule has 0 radical (unpaired) electrons. The van der Waals surface area contributed by atoms with Crippen molar-refractivity contribution >= 4 is 17.3 Å². The summed E-state index contributed by atoms with van der Waals surface area (Å²) in [5.41, 5.74) is 1.15. The Hall–Kier alpha value is -0.940. The summed E-state index contributed by atoms with van der Waals surface area (Å²) in [5.74, 6) is -0.288. The number of aliphatic carboxylic acids is 1. The van der Waals surface area contributed by atoms with Crippen molar-refractivity contribution in [2.24, 2.45) is 0 Å². The van der Waals surface area contributed by atoms with Crippen LogP contribution in [0, 0.1) is 0 Å². The van der Waals surface area contributed by atoms with Gasteiger partial charge in [-0.15, -0.1) is 11.3 Å². The molecule has 2 rings (SSSR count). The number of carboxylic acid groups (broad SMARTS) is 1. The van der Waals surface area contributed by atoms with E-state index in [1.165, 1.54) is 5.01 Å². The van der Waals surface area contributed by atoms with Gasteiger partial charge in [-0.3, -0.25) is 9.69 Å². The van der Waals surface area contributed by atoms with Crippen molar-refractivity contribution in [3.05, 3.63) is 16.1 Å². The first-order chi connectivity index (χ1) is 9.15. The smallest absolute Gasteiger partial charge is 0.320 e. The summed E-state index contributed by atoms with van der Waals surface area (Å²) in [6.45, 7) is 5.79. The van der Waals surface area contributed by atoms with Gasteiger partial charge in [-0.05, 0) is 32.2 Å². The molecule has 0 saturated carbocycles. The molecule has 2 heterocycles. The normalized spacial score (nSPS) is 22.3. The number of rotatable bonds is 5. The quantitative estimate of drug-likeness (QED) is 0.902. The number of nitrogens with zero attached hydrogens (tertiary/aromatic N) is 2. The summed E-state index contributed by atoms with van der Waals surface area (Å²) in [6.07, 6.45) is 3.83. The fourth-order valence-electron chi connectivity index (χ4n) is 2.75. The molecule has 2 unspecified atom stereocenters. The Morgan fingerprint density at radius 3 is 3.00 bits per heavy atom. The zero-order valence-electron chi connectivity index (χ0n) is 11.6. The summed E-state index contributed by atoms with van der Waals surface area (Å²) in [6, 6.07) is -0.339. The van der Waals surface area contributed by atoms with Crippen LogP contribution in [0.1, 0.15) is 49.7 Å².